The van der Waals surface area contributed by atoms with Gasteiger partial charge in [-0.15, -0.1) is 0 Å². The van der Waals surface area contributed by atoms with Crippen molar-refractivity contribution in [2.45, 2.75) is 18.7 Å². The Morgan fingerprint density at radius 3 is 2.24 bits per heavy atom. The van der Waals surface area contributed by atoms with Crippen LogP contribution in [0.4, 0.5) is 15.8 Å². The molecule has 7 nitrogen and oxygen atoms in total. The summed E-state index contributed by atoms with van der Waals surface area (Å²) in [6.45, 7) is 3.93. The van der Waals surface area contributed by atoms with Gasteiger partial charge in [0.15, 0.2) is 6.61 Å². The molecule has 158 valence electrons. The lowest BCUT2D eigenvalue weighted by Crippen LogP contribution is -2.31. The zero-order valence-electron chi connectivity index (χ0n) is 17.0. The van der Waals surface area contributed by atoms with E-state index >= 15 is 0 Å². The van der Waals surface area contributed by atoms with E-state index in [1.54, 1.807) is 38.9 Å². The van der Waals surface area contributed by atoms with Crippen LogP contribution in [0, 0.1) is 5.82 Å². The topological polar surface area (TPSA) is 79.0 Å². The molecule has 0 fully saturated rings. The van der Waals surface area contributed by atoms with E-state index in [1.165, 1.54) is 40.7 Å². The summed E-state index contributed by atoms with van der Waals surface area (Å²) in [7, 11) is -0.0841. The highest BCUT2D eigenvalue weighted by molar-refractivity contribution is 7.89. The van der Waals surface area contributed by atoms with Gasteiger partial charge in [0.2, 0.25) is 10.0 Å². The lowest BCUT2D eigenvalue weighted by molar-refractivity contribution is -0.118. The Bertz CT molecular complexity index is 943. The first-order chi connectivity index (χ1) is 13.7. The van der Waals surface area contributed by atoms with Crippen LogP contribution in [0.1, 0.15) is 13.8 Å². The van der Waals surface area contributed by atoms with Crippen LogP contribution >= 0.6 is 0 Å². The first kappa shape index (κ1) is 22.6. The van der Waals surface area contributed by atoms with E-state index in [0.717, 1.165) is 0 Å². The fourth-order valence-electron chi connectivity index (χ4n) is 2.74. The van der Waals surface area contributed by atoms with Crippen molar-refractivity contribution < 1.29 is 22.3 Å². The number of amides is 1. The van der Waals surface area contributed by atoms with Crippen LogP contribution in [0.2, 0.25) is 0 Å². The second-order valence-corrected chi connectivity index (χ2v) is 8.39. The average Bonchev–Trinajstić information content (AvgIpc) is 2.68. The molecule has 0 saturated carbocycles. The Hall–Kier alpha value is -2.65. The van der Waals surface area contributed by atoms with E-state index in [0.29, 0.717) is 30.2 Å². The van der Waals surface area contributed by atoms with Crippen LogP contribution in [-0.2, 0) is 14.8 Å². The van der Waals surface area contributed by atoms with Gasteiger partial charge in [-0.2, -0.15) is 4.31 Å². The quantitative estimate of drug-likeness (QED) is 0.671. The molecule has 2 aromatic rings. The summed E-state index contributed by atoms with van der Waals surface area (Å²) >= 11 is 0. The van der Waals surface area contributed by atoms with Crippen LogP contribution in [0.3, 0.4) is 0 Å². The number of rotatable bonds is 9. The third-order valence-electron chi connectivity index (χ3n) is 4.25. The van der Waals surface area contributed by atoms with Crippen molar-refractivity contribution in [1.82, 2.24) is 4.31 Å². The first-order valence-corrected chi connectivity index (χ1v) is 10.6. The van der Waals surface area contributed by atoms with E-state index in [9.17, 15) is 17.6 Å². The third-order valence-corrected chi connectivity index (χ3v) is 6.30. The number of halogens is 1. The number of nitrogens with zero attached hydrogens (tertiary/aromatic N) is 2. The minimum atomic E-state index is -3.66. The molecule has 0 heterocycles. The molecule has 0 aliphatic carbocycles. The van der Waals surface area contributed by atoms with Gasteiger partial charge in [0.1, 0.15) is 11.6 Å². The molecule has 0 saturated heterocycles. The van der Waals surface area contributed by atoms with E-state index in [2.05, 4.69) is 5.32 Å². The predicted molar refractivity (Wildman–Crippen MR) is 111 cm³/mol. The molecule has 2 rings (SSSR count). The summed E-state index contributed by atoms with van der Waals surface area (Å²) in [6.07, 6.45) is 0. The maximum Gasteiger partial charge on any atom is 0.262 e. The summed E-state index contributed by atoms with van der Waals surface area (Å²) in [5.74, 6) is -0.509. The predicted octanol–water partition coefficient (Wildman–Crippen LogP) is 2.94. The monoisotopic (exact) mass is 423 g/mol. The number of ether oxygens (including phenoxy) is 1. The number of anilines is 2. The molecule has 0 aromatic heterocycles. The molecule has 0 aliphatic rings. The summed E-state index contributed by atoms with van der Waals surface area (Å²) in [5.41, 5.74) is 1.01. The Morgan fingerprint density at radius 2 is 1.69 bits per heavy atom. The number of nitrogens with one attached hydrogen (secondary N) is 1. The normalized spacial score (nSPS) is 11.4. The minimum absolute atomic E-state index is 0.0987. The lowest BCUT2D eigenvalue weighted by Gasteiger charge is -2.22. The molecule has 0 bridgehead atoms. The van der Waals surface area contributed by atoms with Gasteiger partial charge in [-0.3, -0.25) is 4.79 Å². The fourth-order valence-corrected chi connectivity index (χ4v) is 4.23. The second kappa shape index (κ2) is 9.71. The number of hydrogen-bond donors (Lipinski definition) is 1. The molecule has 2 aromatic carbocycles. The molecule has 0 aliphatic heterocycles. The molecular weight excluding hydrogens is 397 g/mol. The van der Waals surface area contributed by atoms with Crippen molar-refractivity contribution in [1.29, 1.82) is 0 Å². The molecule has 0 atom stereocenters. The highest BCUT2D eigenvalue weighted by Crippen LogP contribution is 2.29. The van der Waals surface area contributed by atoms with E-state index in [-0.39, 0.29) is 11.5 Å². The fraction of sp³-hybridized carbons (Fsp3) is 0.350. The zero-order valence-corrected chi connectivity index (χ0v) is 17.8. The molecule has 1 N–H and O–H groups in total. The van der Waals surface area contributed by atoms with Crippen LogP contribution < -0.4 is 15.0 Å². The van der Waals surface area contributed by atoms with Crippen LogP contribution in [-0.4, -0.2) is 52.4 Å². The van der Waals surface area contributed by atoms with Gasteiger partial charge in [-0.25, -0.2) is 12.8 Å². The van der Waals surface area contributed by atoms with Crippen LogP contribution in [0.25, 0.3) is 0 Å². The summed E-state index contributed by atoms with van der Waals surface area (Å²) in [6, 6.07) is 9.92. The maximum absolute atomic E-state index is 12.9. The number of carbonyl (C=O) groups excluding carboxylic acids is 1. The van der Waals surface area contributed by atoms with Crippen LogP contribution in [0.15, 0.2) is 47.4 Å². The number of carbonyl (C=O) groups is 1. The molecule has 9 heteroatoms. The van der Waals surface area contributed by atoms with Crippen molar-refractivity contribution in [2.75, 3.05) is 44.0 Å². The molecular formula is C20H26FN3O4S. The molecule has 29 heavy (non-hydrogen) atoms. The molecule has 1 amide bonds. The van der Waals surface area contributed by atoms with Gasteiger partial charge in [0.05, 0.1) is 16.3 Å². The lowest BCUT2D eigenvalue weighted by atomic mass is 10.2. The highest BCUT2D eigenvalue weighted by atomic mass is 32.2. The maximum atomic E-state index is 12.9. The molecule has 0 spiro atoms. The van der Waals surface area contributed by atoms with Crippen LogP contribution in [0.5, 0.6) is 5.75 Å². The summed E-state index contributed by atoms with van der Waals surface area (Å²) in [4.78, 5) is 14.2. The van der Waals surface area contributed by atoms with Crippen molar-refractivity contribution in [3.8, 4) is 5.75 Å². The van der Waals surface area contributed by atoms with Gasteiger partial charge in [0.25, 0.3) is 5.91 Å². The second-order valence-electron chi connectivity index (χ2n) is 6.45. The Morgan fingerprint density at radius 1 is 1.07 bits per heavy atom. The molecule has 0 radical (unpaired) electrons. The largest absolute Gasteiger partial charge is 0.484 e. The van der Waals surface area contributed by atoms with Gasteiger partial charge < -0.3 is 15.0 Å². The van der Waals surface area contributed by atoms with Crippen molar-refractivity contribution in [3.05, 3.63) is 48.3 Å². The summed E-state index contributed by atoms with van der Waals surface area (Å²) in [5, 5.41) is 2.70. The Balaban J connectivity index is 2.23. The zero-order chi connectivity index (χ0) is 21.6. The Kier molecular flexibility index (Phi) is 7.58. The number of hydrogen-bond acceptors (Lipinski definition) is 5. The minimum Gasteiger partial charge on any atom is -0.484 e. The van der Waals surface area contributed by atoms with Crippen molar-refractivity contribution >= 4 is 27.3 Å². The number of benzene rings is 2. The smallest absolute Gasteiger partial charge is 0.262 e. The third kappa shape index (κ3) is 5.68. The standard InChI is InChI=1S/C20H26FN3O4S/c1-5-24(6-2)29(26,27)17-11-12-19(23(3)4)18(13-17)22-20(25)14-28-16-9-7-15(21)8-10-16/h7-13H,5-6,14H2,1-4H3,(H,22,25). The molecule has 0 unspecified atom stereocenters. The Labute approximate surface area is 171 Å². The van der Waals surface area contributed by atoms with Gasteiger partial charge in [0, 0.05) is 27.2 Å². The van der Waals surface area contributed by atoms with Crippen molar-refractivity contribution in [3.63, 3.8) is 0 Å². The van der Waals surface area contributed by atoms with E-state index in [1.807, 2.05) is 0 Å². The van der Waals surface area contributed by atoms with E-state index in [4.69, 9.17) is 4.74 Å². The highest BCUT2D eigenvalue weighted by Gasteiger charge is 2.23. The van der Waals surface area contributed by atoms with Crippen molar-refractivity contribution in [2.24, 2.45) is 0 Å². The van der Waals surface area contributed by atoms with Gasteiger partial charge >= 0.3 is 0 Å². The average molecular weight is 424 g/mol. The van der Waals surface area contributed by atoms with Gasteiger partial charge in [-0.1, -0.05) is 13.8 Å². The first-order valence-electron chi connectivity index (χ1n) is 9.18. The van der Waals surface area contributed by atoms with Gasteiger partial charge in [-0.05, 0) is 42.5 Å². The SMILES string of the molecule is CCN(CC)S(=O)(=O)c1ccc(N(C)C)c(NC(=O)COc2ccc(F)cc2)c1. The number of sulfonamides is 1. The summed E-state index contributed by atoms with van der Waals surface area (Å²) < 4.78 is 45.2. The van der Waals surface area contributed by atoms with E-state index < -0.39 is 21.7 Å².